The van der Waals surface area contributed by atoms with Gasteiger partial charge in [-0.15, -0.1) is 0 Å². The van der Waals surface area contributed by atoms with E-state index in [-0.39, 0.29) is 0 Å². The molecule has 1 N–H and O–H groups in total. The molecule has 0 saturated heterocycles. The maximum Gasteiger partial charge on any atom is 0.137 e. The van der Waals surface area contributed by atoms with Crippen LogP contribution in [0.2, 0.25) is 5.02 Å². The Kier molecular flexibility index (Phi) is 2.41. The molecule has 0 aromatic heterocycles. The second-order valence-electron chi connectivity index (χ2n) is 3.87. The smallest absolute Gasteiger partial charge is 0.137 e. The fraction of sp³-hybridized carbons (Fsp3) is 0.455. The van der Waals surface area contributed by atoms with Crippen LogP contribution in [0.4, 0.5) is 0 Å². The maximum atomic E-state index is 9.73. The van der Waals surface area contributed by atoms with Crippen LogP contribution in [0.3, 0.4) is 0 Å². The number of hydrogen-bond acceptors (Lipinski definition) is 2. The van der Waals surface area contributed by atoms with E-state index in [4.69, 9.17) is 16.3 Å². The van der Waals surface area contributed by atoms with Gasteiger partial charge < -0.3 is 9.84 Å². The lowest BCUT2D eigenvalue weighted by atomic mass is 10.1. The Hall–Kier alpha value is -0.730. The van der Waals surface area contributed by atoms with E-state index in [9.17, 15) is 5.11 Å². The van der Waals surface area contributed by atoms with Gasteiger partial charge in [-0.25, -0.2) is 0 Å². The Bertz CT molecular complexity index is 345. The van der Waals surface area contributed by atoms with Crippen molar-refractivity contribution in [3.05, 3.63) is 28.8 Å². The minimum absolute atomic E-state index is 0.460. The van der Waals surface area contributed by atoms with Crippen molar-refractivity contribution in [3.8, 4) is 5.75 Å². The summed E-state index contributed by atoms with van der Waals surface area (Å²) in [5.41, 5.74) is 0.605. The molecule has 0 unspecified atom stereocenters. The maximum absolute atomic E-state index is 9.73. The summed E-state index contributed by atoms with van der Waals surface area (Å²) in [5.74, 6) is 0.679. The summed E-state index contributed by atoms with van der Waals surface area (Å²) in [5, 5.41) is 10.3. The summed E-state index contributed by atoms with van der Waals surface area (Å²) in [4.78, 5) is 0. The third kappa shape index (κ3) is 2.02. The predicted octanol–water partition coefficient (Wildman–Crippen LogP) is 2.42. The molecular formula is C11H13ClO2. The van der Waals surface area contributed by atoms with Crippen molar-refractivity contribution in [1.29, 1.82) is 0 Å². The zero-order valence-corrected chi connectivity index (χ0v) is 8.84. The molecule has 76 valence electrons. The average molecular weight is 213 g/mol. The van der Waals surface area contributed by atoms with Crippen LogP contribution in [0, 0.1) is 0 Å². The zero-order valence-electron chi connectivity index (χ0n) is 8.09. The molecule has 1 fully saturated rings. The van der Waals surface area contributed by atoms with Gasteiger partial charge in [0.25, 0.3) is 0 Å². The Morgan fingerprint density at radius 2 is 2.21 bits per heavy atom. The van der Waals surface area contributed by atoms with Gasteiger partial charge in [0.05, 0.1) is 17.7 Å². The lowest BCUT2D eigenvalue weighted by Gasteiger charge is -2.09. The van der Waals surface area contributed by atoms with Gasteiger partial charge in [-0.1, -0.05) is 17.7 Å². The first-order chi connectivity index (χ1) is 6.63. The minimum atomic E-state index is -0.460. The standard InChI is InChI=1S/C11H13ClO2/c1-14-10-3-2-8(6-9(10)12)7-11(13)4-5-11/h2-3,6,13H,4-5,7H2,1H3. The number of halogens is 1. The van der Waals surface area contributed by atoms with Gasteiger partial charge in [-0.05, 0) is 30.5 Å². The minimum Gasteiger partial charge on any atom is -0.495 e. The second kappa shape index (κ2) is 3.44. The fourth-order valence-corrected chi connectivity index (χ4v) is 1.80. The van der Waals surface area contributed by atoms with Crippen LogP contribution in [-0.2, 0) is 6.42 Å². The van der Waals surface area contributed by atoms with Crippen LogP contribution < -0.4 is 4.74 Å². The van der Waals surface area contributed by atoms with Gasteiger partial charge in [-0.2, -0.15) is 0 Å². The molecule has 1 saturated carbocycles. The molecular weight excluding hydrogens is 200 g/mol. The normalized spacial score (nSPS) is 17.9. The van der Waals surface area contributed by atoms with Crippen LogP contribution in [0.25, 0.3) is 0 Å². The first-order valence-corrected chi connectivity index (χ1v) is 5.06. The van der Waals surface area contributed by atoms with E-state index < -0.39 is 5.60 Å². The summed E-state index contributed by atoms with van der Waals surface area (Å²) >= 11 is 5.97. The second-order valence-corrected chi connectivity index (χ2v) is 4.28. The molecule has 0 heterocycles. The van der Waals surface area contributed by atoms with Crippen LogP contribution in [0.1, 0.15) is 18.4 Å². The molecule has 1 aromatic rings. The van der Waals surface area contributed by atoms with Crippen molar-refractivity contribution in [2.24, 2.45) is 0 Å². The van der Waals surface area contributed by atoms with Crippen molar-refractivity contribution in [2.45, 2.75) is 24.9 Å². The van der Waals surface area contributed by atoms with Crippen molar-refractivity contribution in [2.75, 3.05) is 7.11 Å². The summed E-state index contributed by atoms with van der Waals surface area (Å²) in [6, 6.07) is 5.64. The van der Waals surface area contributed by atoms with Gasteiger partial charge in [0.1, 0.15) is 5.75 Å². The van der Waals surface area contributed by atoms with E-state index in [1.165, 1.54) is 0 Å². The van der Waals surface area contributed by atoms with Crippen molar-refractivity contribution < 1.29 is 9.84 Å². The summed E-state index contributed by atoms with van der Waals surface area (Å²) < 4.78 is 5.05. The summed E-state index contributed by atoms with van der Waals surface area (Å²) in [6.07, 6.45) is 2.49. The molecule has 14 heavy (non-hydrogen) atoms. The molecule has 0 spiro atoms. The molecule has 1 aromatic carbocycles. The molecule has 0 atom stereocenters. The van der Waals surface area contributed by atoms with Crippen molar-refractivity contribution in [1.82, 2.24) is 0 Å². The van der Waals surface area contributed by atoms with Gasteiger partial charge in [0.2, 0.25) is 0 Å². The monoisotopic (exact) mass is 212 g/mol. The Morgan fingerprint density at radius 3 is 2.71 bits per heavy atom. The van der Waals surface area contributed by atoms with E-state index in [1.807, 2.05) is 18.2 Å². The lowest BCUT2D eigenvalue weighted by molar-refractivity contribution is 0.151. The number of aliphatic hydroxyl groups is 1. The number of ether oxygens (including phenoxy) is 1. The van der Waals surface area contributed by atoms with E-state index >= 15 is 0 Å². The van der Waals surface area contributed by atoms with Crippen LogP contribution in [0.15, 0.2) is 18.2 Å². The zero-order chi connectivity index (χ0) is 10.2. The van der Waals surface area contributed by atoms with E-state index in [0.717, 1.165) is 18.4 Å². The third-order valence-corrected chi connectivity index (χ3v) is 2.87. The molecule has 2 nitrogen and oxygen atoms in total. The van der Waals surface area contributed by atoms with Crippen molar-refractivity contribution in [3.63, 3.8) is 0 Å². The van der Waals surface area contributed by atoms with Crippen molar-refractivity contribution >= 4 is 11.6 Å². The highest BCUT2D eigenvalue weighted by atomic mass is 35.5. The average Bonchev–Trinajstić information content (AvgIpc) is 2.84. The summed E-state index contributed by atoms with van der Waals surface area (Å²) in [6.45, 7) is 0. The van der Waals surface area contributed by atoms with Gasteiger partial charge >= 0.3 is 0 Å². The highest BCUT2D eigenvalue weighted by Crippen LogP contribution is 2.39. The topological polar surface area (TPSA) is 29.5 Å². The molecule has 0 bridgehead atoms. The Balaban J connectivity index is 2.15. The van der Waals surface area contributed by atoms with Crippen LogP contribution in [-0.4, -0.2) is 17.8 Å². The first kappa shape index (κ1) is 9.81. The molecule has 0 aliphatic heterocycles. The third-order valence-electron chi connectivity index (χ3n) is 2.58. The van der Waals surface area contributed by atoms with Gasteiger partial charge in [0.15, 0.2) is 0 Å². The van der Waals surface area contributed by atoms with Crippen LogP contribution in [0.5, 0.6) is 5.75 Å². The molecule has 0 radical (unpaired) electrons. The van der Waals surface area contributed by atoms with E-state index in [0.29, 0.717) is 17.2 Å². The van der Waals surface area contributed by atoms with Gasteiger partial charge in [-0.3, -0.25) is 0 Å². The quantitative estimate of drug-likeness (QED) is 0.834. The van der Waals surface area contributed by atoms with E-state index in [2.05, 4.69) is 0 Å². The Labute approximate surface area is 88.5 Å². The highest BCUT2D eigenvalue weighted by Gasteiger charge is 2.40. The molecule has 1 aliphatic rings. The fourth-order valence-electron chi connectivity index (χ4n) is 1.52. The first-order valence-electron chi connectivity index (χ1n) is 4.68. The number of benzene rings is 1. The largest absolute Gasteiger partial charge is 0.495 e. The molecule has 3 heteroatoms. The van der Waals surface area contributed by atoms with E-state index in [1.54, 1.807) is 7.11 Å². The van der Waals surface area contributed by atoms with Crippen LogP contribution >= 0.6 is 11.6 Å². The number of hydrogen-bond donors (Lipinski definition) is 1. The highest BCUT2D eigenvalue weighted by molar-refractivity contribution is 6.32. The number of methoxy groups -OCH3 is 1. The SMILES string of the molecule is COc1ccc(CC2(O)CC2)cc1Cl. The predicted molar refractivity (Wildman–Crippen MR) is 55.9 cm³/mol. The lowest BCUT2D eigenvalue weighted by Crippen LogP contribution is -2.10. The molecule has 0 amide bonds. The molecule has 2 rings (SSSR count). The van der Waals surface area contributed by atoms with Gasteiger partial charge in [0, 0.05) is 6.42 Å². The Morgan fingerprint density at radius 1 is 1.50 bits per heavy atom. The number of rotatable bonds is 3. The molecule has 1 aliphatic carbocycles. The summed E-state index contributed by atoms with van der Waals surface area (Å²) in [7, 11) is 1.59.